The molecule has 1 fully saturated rings. The van der Waals surface area contributed by atoms with E-state index in [0.29, 0.717) is 18.5 Å². The maximum atomic E-state index is 12.4. The first-order valence-corrected chi connectivity index (χ1v) is 9.40. The molecule has 0 aliphatic carbocycles. The van der Waals surface area contributed by atoms with E-state index < -0.39 is 0 Å². The first-order chi connectivity index (χ1) is 13.2. The van der Waals surface area contributed by atoms with Crippen molar-refractivity contribution in [3.63, 3.8) is 0 Å². The van der Waals surface area contributed by atoms with Gasteiger partial charge in [0.1, 0.15) is 0 Å². The lowest BCUT2D eigenvalue weighted by atomic mass is 10.1. The molecule has 1 aromatic heterocycles. The number of likely N-dealkylation sites (tertiary alicyclic amines) is 1. The number of aromatic amines is 1. The summed E-state index contributed by atoms with van der Waals surface area (Å²) in [5.74, 6) is 0.0828. The Balaban J connectivity index is 1.33. The van der Waals surface area contributed by atoms with Crippen molar-refractivity contribution >= 4 is 22.7 Å². The molecule has 2 aromatic carbocycles. The molecule has 3 aromatic rings. The standard InChI is InChI=1S/C22H23N3O2/c26-21(13-18-15-23-20-6-2-1-5-19(18)20)24-14-16-7-9-17(10-8-16)22(27)25-11-3-4-12-25/h1-2,5-10,15,23H,3-4,11-14H2,(H,24,26). The van der Waals surface area contributed by atoms with Crippen LogP contribution in [0.4, 0.5) is 0 Å². The predicted molar refractivity (Wildman–Crippen MR) is 105 cm³/mol. The number of rotatable bonds is 5. The SMILES string of the molecule is O=C(Cc1c[nH]c2ccccc12)NCc1ccc(C(=O)N2CCCC2)cc1. The fourth-order valence-corrected chi connectivity index (χ4v) is 3.58. The molecule has 27 heavy (non-hydrogen) atoms. The van der Waals surface area contributed by atoms with Crippen molar-refractivity contribution in [3.8, 4) is 0 Å². The number of carbonyl (C=O) groups is 2. The van der Waals surface area contributed by atoms with Crippen LogP contribution in [-0.4, -0.2) is 34.8 Å². The van der Waals surface area contributed by atoms with Crippen LogP contribution in [0.15, 0.2) is 54.7 Å². The zero-order valence-corrected chi connectivity index (χ0v) is 15.2. The van der Waals surface area contributed by atoms with Gasteiger partial charge in [-0.3, -0.25) is 9.59 Å². The molecule has 5 heteroatoms. The van der Waals surface area contributed by atoms with Crippen molar-refractivity contribution in [2.45, 2.75) is 25.8 Å². The number of hydrogen-bond donors (Lipinski definition) is 2. The molecule has 5 nitrogen and oxygen atoms in total. The number of para-hydroxylation sites is 1. The van der Waals surface area contributed by atoms with E-state index >= 15 is 0 Å². The molecule has 0 bridgehead atoms. The predicted octanol–water partition coefficient (Wildman–Crippen LogP) is 3.26. The molecule has 0 unspecified atom stereocenters. The third-order valence-corrected chi connectivity index (χ3v) is 5.11. The summed E-state index contributed by atoms with van der Waals surface area (Å²) in [5, 5.41) is 4.04. The molecule has 0 radical (unpaired) electrons. The second kappa shape index (κ2) is 7.66. The zero-order chi connectivity index (χ0) is 18.6. The fourth-order valence-electron chi connectivity index (χ4n) is 3.58. The number of H-pyrrole nitrogens is 1. The van der Waals surface area contributed by atoms with Gasteiger partial charge in [0.15, 0.2) is 0 Å². The van der Waals surface area contributed by atoms with Crippen molar-refractivity contribution in [2.75, 3.05) is 13.1 Å². The number of carbonyl (C=O) groups excluding carboxylic acids is 2. The Morgan fingerprint density at radius 3 is 2.52 bits per heavy atom. The van der Waals surface area contributed by atoms with E-state index in [1.54, 1.807) is 0 Å². The minimum atomic E-state index is -0.0167. The molecule has 0 atom stereocenters. The zero-order valence-electron chi connectivity index (χ0n) is 15.2. The highest BCUT2D eigenvalue weighted by Gasteiger charge is 2.19. The summed E-state index contributed by atoms with van der Waals surface area (Å²) in [4.78, 5) is 29.7. The van der Waals surface area contributed by atoms with Crippen molar-refractivity contribution in [2.24, 2.45) is 0 Å². The topological polar surface area (TPSA) is 65.2 Å². The maximum Gasteiger partial charge on any atom is 0.253 e. The third-order valence-electron chi connectivity index (χ3n) is 5.11. The van der Waals surface area contributed by atoms with Gasteiger partial charge in [0.2, 0.25) is 5.91 Å². The number of nitrogens with zero attached hydrogens (tertiary/aromatic N) is 1. The monoisotopic (exact) mass is 361 g/mol. The van der Waals surface area contributed by atoms with E-state index in [-0.39, 0.29) is 11.8 Å². The van der Waals surface area contributed by atoms with E-state index in [9.17, 15) is 9.59 Å². The third kappa shape index (κ3) is 3.87. The number of benzene rings is 2. The van der Waals surface area contributed by atoms with Crippen LogP contribution in [0.3, 0.4) is 0 Å². The molecule has 1 saturated heterocycles. The summed E-state index contributed by atoms with van der Waals surface area (Å²) in [6, 6.07) is 15.5. The van der Waals surface area contributed by atoms with Gasteiger partial charge in [0.25, 0.3) is 5.91 Å². The lowest BCUT2D eigenvalue weighted by Gasteiger charge is -2.15. The van der Waals surface area contributed by atoms with Gasteiger partial charge in [0, 0.05) is 42.3 Å². The Morgan fingerprint density at radius 1 is 1.00 bits per heavy atom. The largest absolute Gasteiger partial charge is 0.361 e. The summed E-state index contributed by atoms with van der Waals surface area (Å²) in [6.07, 6.45) is 4.41. The van der Waals surface area contributed by atoms with Gasteiger partial charge >= 0.3 is 0 Å². The highest BCUT2D eigenvalue weighted by atomic mass is 16.2. The summed E-state index contributed by atoms with van der Waals surface area (Å²) in [6.45, 7) is 2.16. The maximum absolute atomic E-state index is 12.4. The quantitative estimate of drug-likeness (QED) is 0.733. The van der Waals surface area contributed by atoms with E-state index in [1.807, 2.05) is 59.6 Å². The van der Waals surface area contributed by atoms with Crippen LogP contribution in [0.5, 0.6) is 0 Å². The molecule has 2 heterocycles. The normalized spacial score (nSPS) is 13.9. The van der Waals surface area contributed by atoms with Gasteiger partial charge in [0.05, 0.1) is 6.42 Å². The van der Waals surface area contributed by atoms with E-state index in [0.717, 1.165) is 48.0 Å². The Labute approximate surface area is 158 Å². The number of amides is 2. The summed E-state index contributed by atoms with van der Waals surface area (Å²) < 4.78 is 0. The van der Waals surface area contributed by atoms with Crippen molar-refractivity contribution in [3.05, 3.63) is 71.4 Å². The number of fused-ring (bicyclic) bond motifs is 1. The van der Waals surface area contributed by atoms with Crippen molar-refractivity contribution in [1.29, 1.82) is 0 Å². The molecule has 138 valence electrons. The van der Waals surface area contributed by atoms with Crippen LogP contribution in [-0.2, 0) is 17.8 Å². The van der Waals surface area contributed by atoms with Crippen molar-refractivity contribution < 1.29 is 9.59 Å². The second-order valence-electron chi connectivity index (χ2n) is 7.01. The minimum absolute atomic E-state index is 0.0167. The smallest absolute Gasteiger partial charge is 0.253 e. The Morgan fingerprint density at radius 2 is 1.74 bits per heavy atom. The van der Waals surface area contributed by atoms with Gasteiger partial charge in [-0.1, -0.05) is 30.3 Å². The Hall–Kier alpha value is -3.08. The average Bonchev–Trinajstić information content (AvgIpc) is 3.37. The van der Waals surface area contributed by atoms with Crippen LogP contribution < -0.4 is 5.32 Å². The number of hydrogen-bond acceptors (Lipinski definition) is 2. The molecular formula is C22H23N3O2. The van der Waals surface area contributed by atoms with Crippen LogP contribution in [0, 0.1) is 0 Å². The molecule has 2 N–H and O–H groups in total. The lowest BCUT2D eigenvalue weighted by molar-refractivity contribution is -0.120. The molecule has 0 spiro atoms. The summed E-state index contributed by atoms with van der Waals surface area (Å²) in [7, 11) is 0. The molecule has 4 rings (SSSR count). The number of nitrogens with one attached hydrogen (secondary N) is 2. The van der Waals surface area contributed by atoms with Gasteiger partial charge in [-0.15, -0.1) is 0 Å². The van der Waals surface area contributed by atoms with E-state index in [4.69, 9.17) is 0 Å². The highest BCUT2D eigenvalue weighted by Crippen LogP contribution is 2.18. The van der Waals surface area contributed by atoms with Crippen LogP contribution in [0.2, 0.25) is 0 Å². The van der Waals surface area contributed by atoms with Gasteiger partial charge in [-0.05, 0) is 42.2 Å². The fraction of sp³-hybridized carbons (Fsp3) is 0.273. The Kier molecular flexibility index (Phi) is 4.92. The number of aromatic nitrogens is 1. The van der Waals surface area contributed by atoms with Crippen molar-refractivity contribution in [1.82, 2.24) is 15.2 Å². The molecule has 1 aliphatic rings. The van der Waals surface area contributed by atoms with Crippen LogP contribution in [0.1, 0.15) is 34.3 Å². The Bertz CT molecular complexity index is 953. The lowest BCUT2D eigenvalue weighted by Crippen LogP contribution is -2.27. The van der Waals surface area contributed by atoms with Gasteiger partial charge < -0.3 is 15.2 Å². The molecule has 1 aliphatic heterocycles. The first kappa shape index (κ1) is 17.3. The molecule has 0 saturated carbocycles. The second-order valence-corrected chi connectivity index (χ2v) is 7.01. The first-order valence-electron chi connectivity index (χ1n) is 9.40. The van der Waals surface area contributed by atoms with Gasteiger partial charge in [-0.25, -0.2) is 0 Å². The van der Waals surface area contributed by atoms with E-state index in [1.165, 1.54) is 0 Å². The molecule has 2 amide bonds. The van der Waals surface area contributed by atoms with E-state index in [2.05, 4.69) is 10.3 Å². The molecular weight excluding hydrogens is 338 g/mol. The summed E-state index contributed by atoms with van der Waals surface area (Å²) in [5.41, 5.74) is 3.74. The highest BCUT2D eigenvalue weighted by molar-refractivity contribution is 5.94. The van der Waals surface area contributed by atoms with Gasteiger partial charge in [-0.2, -0.15) is 0 Å². The summed E-state index contributed by atoms with van der Waals surface area (Å²) >= 11 is 0. The van der Waals surface area contributed by atoms with Crippen LogP contribution >= 0.6 is 0 Å². The average molecular weight is 361 g/mol. The van der Waals surface area contributed by atoms with Crippen LogP contribution in [0.25, 0.3) is 10.9 Å². The minimum Gasteiger partial charge on any atom is -0.361 e.